The molecule has 0 spiro atoms. The number of hydrogen-bond acceptors (Lipinski definition) is 3. The van der Waals surface area contributed by atoms with Gasteiger partial charge in [0.1, 0.15) is 6.04 Å². The van der Waals surface area contributed by atoms with Crippen molar-refractivity contribution < 1.29 is 80.2 Å². The molecule has 0 heterocycles. The molecule has 19 heteroatoms. The Bertz CT molecular complexity index is 822. The van der Waals surface area contributed by atoms with E-state index in [1.165, 1.54) is 27.7 Å². The van der Waals surface area contributed by atoms with Gasteiger partial charge in [-0.1, -0.05) is 27.7 Å². The number of nitrogens with one attached hydrogen (secondary N) is 1. The summed E-state index contributed by atoms with van der Waals surface area (Å²) in [5.74, 6) is -55.0. The van der Waals surface area contributed by atoms with Crippen molar-refractivity contribution in [2.75, 3.05) is 6.61 Å². The Morgan fingerprint density at radius 2 is 1.00 bits per heavy atom. The highest BCUT2D eigenvalue weighted by Gasteiger charge is 2.94. The quantitative estimate of drug-likeness (QED) is 0.224. The van der Waals surface area contributed by atoms with Gasteiger partial charge in [0.05, 0.1) is 6.61 Å². The third-order valence-electron chi connectivity index (χ3n) is 4.47. The second kappa shape index (κ2) is 10.6. The lowest BCUT2D eigenvalue weighted by molar-refractivity contribution is -0.449. The lowest BCUT2D eigenvalue weighted by Crippen LogP contribution is -2.74. The highest BCUT2D eigenvalue weighted by Crippen LogP contribution is 2.62. The van der Waals surface area contributed by atoms with E-state index in [4.69, 9.17) is 0 Å². The van der Waals surface area contributed by atoms with Gasteiger partial charge < -0.3 is 10.1 Å². The van der Waals surface area contributed by atoms with Gasteiger partial charge in [0, 0.05) is 0 Å². The van der Waals surface area contributed by atoms with Crippen molar-refractivity contribution >= 4 is 11.9 Å². The zero-order chi connectivity index (χ0) is 30.2. The summed E-state index contributed by atoms with van der Waals surface area (Å²) in [5.41, 5.74) is 0. The molecule has 1 atom stereocenters. The Morgan fingerprint density at radius 1 is 0.622 bits per heavy atom. The second-order valence-electron chi connectivity index (χ2n) is 8.62. The molecule has 0 aliphatic heterocycles. The third kappa shape index (κ3) is 6.15. The highest BCUT2D eigenvalue weighted by molar-refractivity contribution is 5.89. The predicted molar refractivity (Wildman–Crippen MR) is 92.9 cm³/mol. The number of ether oxygens (including phenoxy) is 1. The van der Waals surface area contributed by atoms with Gasteiger partial charge in [-0.15, -0.1) is 0 Å². The zero-order valence-electron chi connectivity index (χ0n) is 19.0. The predicted octanol–water partition coefficient (Wildman–Crippen LogP) is 6.09. The van der Waals surface area contributed by atoms with Crippen molar-refractivity contribution in [3.8, 4) is 0 Å². The van der Waals surface area contributed by atoms with E-state index in [-0.39, 0.29) is 0 Å². The van der Waals surface area contributed by atoms with Crippen molar-refractivity contribution in [2.45, 2.75) is 81.9 Å². The Hall–Kier alpha value is -2.11. The smallest absolute Gasteiger partial charge is 0.460 e. The fourth-order valence-corrected chi connectivity index (χ4v) is 2.39. The molecule has 37 heavy (non-hydrogen) atoms. The standard InChI is InChI=1S/C18H20F15NO3/c1-7(2)5-9(10(35)37-6-8(3)4)34-11(36)12(19,20)13(21,22)14(23,24)15(25,26)16(27,28)17(29,30)18(31,32)33/h7-9H,5-6H2,1-4H3,(H,34,36). The maximum atomic E-state index is 14.0. The van der Waals surface area contributed by atoms with Crippen LogP contribution in [0.3, 0.4) is 0 Å². The SMILES string of the molecule is CC(C)COC(=O)C(CC(C)C)NC(=O)C(F)(F)C(F)(F)C(F)(F)C(F)(F)C(F)(F)C(F)(F)C(F)(F)F. The summed E-state index contributed by atoms with van der Waals surface area (Å²) >= 11 is 0. The van der Waals surface area contributed by atoms with E-state index in [9.17, 15) is 75.4 Å². The minimum atomic E-state index is -8.51. The Kier molecular flexibility index (Phi) is 9.97. The monoisotopic (exact) mass is 583 g/mol. The van der Waals surface area contributed by atoms with Crippen LogP contribution in [0.2, 0.25) is 0 Å². The Morgan fingerprint density at radius 3 is 1.35 bits per heavy atom. The molecule has 0 aromatic rings. The molecule has 1 N–H and O–H groups in total. The van der Waals surface area contributed by atoms with Gasteiger partial charge in [0.15, 0.2) is 0 Å². The van der Waals surface area contributed by atoms with Crippen LogP contribution >= 0.6 is 0 Å². The fourth-order valence-electron chi connectivity index (χ4n) is 2.39. The van der Waals surface area contributed by atoms with Crippen molar-refractivity contribution in [3.05, 3.63) is 0 Å². The van der Waals surface area contributed by atoms with E-state index < -0.39 is 84.5 Å². The van der Waals surface area contributed by atoms with Crippen LogP contribution in [0, 0.1) is 11.8 Å². The zero-order valence-corrected chi connectivity index (χ0v) is 19.0. The van der Waals surface area contributed by atoms with Crippen LogP contribution < -0.4 is 5.32 Å². The average molecular weight is 583 g/mol. The summed E-state index contributed by atoms with van der Waals surface area (Å²) in [6.45, 7) is 5.00. The van der Waals surface area contributed by atoms with Gasteiger partial charge in [-0.25, -0.2) is 4.79 Å². The number of halogens is 15. The minimum Gasteiger partial charge on any atom is -0.464 e. The molecule has 1 unspecified atom stereocenters. The third-order valence-corrected chi connectivity index (χ3v) is 4.47. The molecule has 0 aliphatic rings. The van der Waals surface area contributed by atoms with E-state index >= 15 is 0 Å². The summed E-state index contributed by atoms with van der Waals surface area (Å²) in [7, 11) is 0. The molecule has 0 fully saturated rings. The van der Waals surface area contributed by atoms with Gasteiger partial charge in [-0.2, -0.15) is 65.9 Å². The van der Waals surface area contributed by atoms with Gasteiger partial charge in [-0.3, -0.25) is 4.79 Å². The first-order valence-corrected chi connectivity index (χ1v) is 9.85. The first-order valence-electron chi connectivity index (χ1n) is 9.85. The second-order valence-corrected chi connectivity index (χ2v) is 8.62. The Labute approximate surface area is 198 Å². The summed E-state index contributed by atoms with van der Waals surface area (Å²) in [5, 5.41) is 0.798. The van der Waals surface area contributed by atoms with E-state index in [0.717, 1.165) is 5.32 Å². The molecule has 0 saturated carbocycles. The van der Waals surface area contributed by atoms with Crippen LogP contribution in [-0.4, -0.2) is 66.2 Å². The van der Waals surface area contributed by atoms with Crippen molar-refractivity contribution in [1.82, 2.24) is 5.32 Å². The maximum absolute atomic E-state index is 14.0. The molecule has 0 bridgehead atoms. The minimum absolute atomic E-state index is 0.414. The summed E-state index contributed by atoms with van der Waals surface area (Å²) < 4.78 is 203. The van der Waals surface area contributed by atoms with Crippen LogP contribution in [-0.2, 0) is 14.3 Å². The fraction of sp³-hybridized carbons (Fsp3) is 0.889. The number of amides is 1. The molecule has 0 radical (unpaired) electrons. The molecule has 0 rings (SSSR count). The van der Waals surface area contributed by atoms with Gasteiger partial charge >= 0.3 is 47.7 Å². The lowest BCUT2D eigenvalue weighted by Gasteiger charge is -2.41. The lowest BCUT2D eigenvalue weighted by atomic mass is 9.90. The largest absolute Gasteiger partial charge is 0.464 e. The molecule has 0 aromatic heterocycles. The first-order chi connectivity index (χ1) is 16.0. The number of alkyl halides is 15. The van der Waals surface area contributed by atoms with Crippen LogP contribution in [0.1, 0.15) is 34.1 Å². The van der Waals surface area contributed by atoms with Crippen LogP contribution in [0.5, 0.6) is 0 Å². The maximum Gasteiger partial charge on any atom is 0.460 e. The van der Waals surface area contributed by atoms with E-state index in [1.54, 1.807) is 0 Å². The molecular weight excluding hydrogens is 563 g/mol. The topological polar surface area (TPSA) is 55.4 Å². The molecule has 1 amide bonds. The van der Waals surface area contributed by atoms with E-state index in [1.807, 2.05) is 0 Å². The first kappa shape index (κ1) is 34.9. The number of esters is 1. The van der Waals surface area contributed by atoms with Crippen LogP contribution in [0.4, 0.5) is 65.9 Å². The van der Waals surface area contributed by atoms with Crippen LogP contribution in [0.25, 0.3) is 0 Å². The van der Waals surface area contributed by atoms with Crippen molar-refractivity contribution in [2.24, 2.45) is 11.8 Å². The summed E-state index contributed by atoms with van der Waals surface area (Å²) in [6.07, 6.45) is -8.43. The van der Waals surface area contributed by atoms with Crippen molar-refractivity contribution in [3.63, 3.8) is 0 Å². The molecule has 220 valence electrons. The van der Waals surface area contributed by atoms with Gasteiger partial charge in [-0.05, 0) is 18.3 Å². The molecule has 4 nitrogen and oxygen atoms in total. The number of carbonyl (C=O) groups is 2. The number of hydrogen-bond donors (Lipinski definition) is 1. The van der Waals surface area contributed by atoms with Gasteiger partial charge in [0.25, 0.3) is 5.91 Å². The summed E-state index contributed by atoms with van der Waals surface area (Å²) in [6, 6.07) is -2.31. The normalized spacial score (nSPS) is 15.7. The van der Waals surface area contributed by atoms with Crippen LogP contribution in [0.15, 0.2) is 0 Å². The average Bonchev–Trinajstić information content (AvgIpc) is 2.69. The molecule has 0 aliphatic carbocycles. The number of rotatable bonds is 12. The van der Waals surface area contributed by atoms with Crippen molar-refractivity contribution in [1.29, 1.82) is 0 Å². The van der Waals surface area contributed by atoms with E-state index in [0.29, 0.717) is 0 Å². The Balaban J connectivity index is 6.43. The molecular formula is C18H20F15NO3. The molecule has 0 aromatic carbocycles. The molecule has 0 saturated heterocycles. The van der Waals surface area contributed by atoms with Gasteiger partial charge in [0.2, 0.25) is 0 Å². The summed E-state index contributed by atoms with van der Waals surface area (Å²) in [4.78, 5) is 23.6. The highest BCUT2D eigenvalue weighted by atomic mass is 19.4. The number of carbonyl (C=O) groups excluding carboxylic acids is 2. The van der Waals surface area contributed by atoms with E-state index in [2.05, 4.69) is 4.74 Å².